The van der Waals surface area contributed by atoms with Gasteiger partial charge in [-0.25, -0.2) is 4.98 Å². The van der Waals surface area contributed by atoms with E-state index in [1.54, 1.807) is 6.07 Å². The van der Waals surface area contributed by atoms with Gasteiger partial charge in [-0.1, -0.05) is 41.9 Å². The van der Waals surface area contributed by atoms with Crippen molar-refractivity contribution in [3.05, 3.63) is 65.3 Å². The van der Waals surface area contributed by atoms with Crippen LogP contribution >= 0.6 is 11.6 Å². The summed E-state index contributed by atoms with van der Waals surface area (Å²) in [5.74, 6) is 0.870. The third kappa shape index (κ3) is 2.29. The van der Waals surface area contributed by atoms with Crippen molar-refractivity contribution in [2.24, 2.45) is 0 Å². The summed E-state index contributed by atoms with van der Waals surface area (Å²) in [4.78, 5) is 4.06. The van der Waals surface area contributed by atoms with Crippen molar-refractivity contribution in [1.29, 1.82) is 5.26 Å². The van der Waals surface area contributed by atoms with E-state index in [4.69, 9.17) is 21.6 Å². The van der Waals surface area contributed by atoms with Gasteiger partial charge in [0.25, 0.3) is 0 Å². The number of nitrogens with zero attached hydrogens (tertiary/aromatic N) is 2. The van der Waals surface area contributed by atoms with E-state index in [-0.39, 0.29) is 10.9 Å². The predicted octanol–water partition coefficient (Wildman–Crippen LogP) is 4.55. The Bertz CT molecular complexity index is 824. The molecule has 0 spiro atoms. The molecule has 0 fully saturated rings. The van der Waals surface area contributed by atoms with Gasteiger partial charge in [0.2, 0.25) is 5.88 Å². The number of rotatable bonds is 2. The van der Waals surface area contributed by atoms with Crippen LogP contribution in [0.25, 0.3) is 10.8 Å². The summed E-state index contributed by atoms with van der Waals surface area (Å²) < 4.78 is 5.67. The van der Waals surface area contributed by atoms with Crippen LogP contribution in [0.4, 0.5) is 0 Å². The Morgan fingerprint density at radius 3 is 2.65 bits per heavy atom. The molecule has 4 heteroatoms. The number of hydrogen-bond donors (Lipinski definition) is 0. The van der Waals surface area contributed by atoms with Gasteiger partial charge in [-0.3, -0.25) is 0 Å². The lowest BCUT2D eigenvalue weighted by Crippen LogP contribution is -1.91. The van der Waals surface area contributed by atoms with E-state index in [2.05, 4.69) is 4.98 Å². The summed E-state index contributed by atoms with van der Waals surface area (Å²) in [6, 6.07) is 17.3. The fraction of sp³-hybridized carbons (Fsp3) is 0. The zero-order valence-corrected chi connectivity index (χ0v) is 11.1. The van der Waals surface area contributed by atoms with Gasteiger partial charge in [0.1, 0.15) is 16.8 Å². The van der Waals surface area contributed by atoms with Gasteiger partial charge >= 0.3 is 0 Å². The quantitative estimate of drug-likeness (QED) is 0.691. The van der Waals surface area contributed by atoms with Crippen molar-refractivity contribution in [3.8, 4) is 17.7 Å². The number of pyridine rings is 1. The molecule has 0 radical (unpaired) electrons. The van der Waals surface area contributed by atoms with Gasteiger partial charge in [0.05, 0.1) is 5.56 Å². The lowest BCUT2D eigenvalue weighted by atomic mass is 10.1. The van der Waals surface area contributed by atoms with Crippen molar-refractivity contribution in [1.82, 2.24) is 4.98 Å². The molecule has 0 aliphatic heterocycles. The van der Waals surface area contributed by atoms with Crippen molar-refractivity contribution in [2.45, 2.75) is 0 Å². The van der Waals surface area contributed by atoms with E-state index >= 15 is 0 Å². The highest BCUT2D eigenvalue weighted by Crippen LogP contribution is 2.30. The average molecular weight is 281 g/mol. The standard InChI is InChI=1S/C16H9ClN2O/c17-15-13(10-18)7-8-19-16(15)20-14-6-5-11-3-1-2-4-12(11)9-14/h1-9H. The highest BCUT2D eigenvalue weighted by atomic mass is 35.5. The maximum absolute atomic E-state index is 8.93. The lowest BCUT2D eigenvalue weighted by molar-refractivity contribution is 0.464. The van der Waals surface area contributed by atoms with Crippen LogP contribution in [-0.4, -0.2) is 4.98 Å². The van der Waals surface area contributed by atoms with Gasteiger partial charge in [0, 0.05) is 6.20 Å². The fourth-order valence-electron chi connectivity index (χ4n) is 1.92. The molecule has 0 saturated heterocycles. The molecule has 0 atom stereocenters. The monoisotopic (exact) mass is 280 g/mol. The largest absolute Gasteiger partial charge is 0.437 e. The first-order chi connectivity index (χ1) is 9.78. The van der Waals surface area contributed by atoms with Crippen molar-refractivity contribution in [2.75, 3.05) is 0 Å². The number of nitriles is 1. The smallest absolute Gasteiger partial charge is 0.239 e. The zero-order chi connectivity index (χ0) is 13.9. The minimum Gasteiger partial charge on any atom is -0.437 e. The fourth-order valence-corrected chi connectivity index (χ4v) is 2.12. The molecule has 0 N–H and O–H groups in total. The molecule has 20 heavy (non-hydrogen) atoms. The molecule has 3 aromatic rings. The van der Waals surface area contributed by atoms with E-state index in [0.29, 0.717) is 11.3 Å². The van der Waals surface area contributed by atoms with Crippen LogP contribution in [0.3, 0.4) is 0 Å². The second kappa shape index (κ2) is 5.20. The van der Waals surface area contributed by atoms with Crippen LogP contribution in [-0.2, 0) is 0 Å². The van der Waals surface area contributed by atoms with Gasteiger partial charge in [-0.15, -0.1) is 0 Å². The van der Waals surface area contributed by atoms with Gasteiger partial charge in [-0.05, 0) is 29.0 Å². The van der Waals surface area contributed by atoms with Crippen molar-refractivity contribution < 1.29 is 4.74 Å². The number of aromatic nitrogens is 1. The molecule has 3 nitrogen and oxygen atoms in total. The third-order valence-electron chi connectivity index (χ3n) is 2.91. The summed E-state index contributed by atoms with van der Waals surface area (Å²) in [6.07, 6.45) is 1.50. The molecule has 0 saturated carbocycles. The third-order valence-corrected chi connectivity index (χ3v) is 3.28. The minimum atomic E-state index is 0.225. The summed E-state index contributed by atoms with van der Waals surface area (Å²) in [6.45, 7) is 0. The highest BCUT2D eigenvalue weighted by molar-refractivity contribution is 6.33. The molecule has 1 aromatic heterocycles. The van der Waals surface area contributed by atoms with Crippen LogP contribution in [0.5, 0.6) is 11.6 Å². The number of benzene rings is 2. The van der Waals surface area contributed by atoms with Crippen LogP contribution in [0.1, 0.15) is 5.56 Å². The molecule has 1 heterocycles. The van der Waals surface area contributed by atoms with Crippen LogP contribution in [0.2, 0.25) is 5.02 Å². The Morgan fingerprint density at radius 2 is 1.85 bits per heavy atom. The second-order valence-electron chi connectivity index (χ2n) is 4.20. The van der Waals surface area contributed by atoms with E-state index in [9.17, 15) is 0 Å². The SMILES string of the molecule is N#Cc1ccnc(Oc2ccc3ccccc3c2)c1Cl. The van der Waals surface area contributed by atoms with Crippen LogP contribution < -0.4 is 4.74 Å². The Balaban J connectivity index is 1.99. The molecular formula is C16H9ClN2O. The molecule has 0 unspecified atom stereocenters. The lowest BCUT2D eigenvalue weighted by Gasteiger charge is -2.08. The highest BCUT2D eigenvalue weighted by Gasteiger charge is 2.09. The molecule has 0 amide bonds. The summed E-state index contributed by atoms with van der Waals surface area (Å²) in [5.41, 5.74) is 0.345. The van der Waals surface area contributed by atoms with Gasteiger partial charge in [-0.2, -0.15) is 5.26 Å². The summed E-state index contributed by atoms with van der Waals surface area (Å²) in [7, 11) is 0. The Labute approximate surface area is 121 Å². The number of halogens is 1. The first-order valence-electron chi connectivity index (χ1n) is 5.99. The van der Waals surface area contributed by atoms with E-state index in [0.717, 1.165) is 10.8 Å². The van der Waals surface area contributed by atoms with E-state index < -0.39 is 0 Å². The van der Waals surface area contributed by atoms with Crippen LogP contribution in [0, 0.1) is 11.3 Å². The number of hydrogen-bond acceptors (Lipinski definition) is 3. The molecule has 0 aliphatic carbocycles. The molecule has 3 rings (SSSR count). The first kappa shape index (κ1) is 12.5. The Hall–Kier alpha value is -2.57. The summed E-state index contributed by atoms with van der Waals surface area (Å²) >= 11 is 6.07. The maximum atomic E-state index is 8.93. The Morgan fingerprint density at radius 1 is 1.05 bits per heavy atom. The molecule has 2 aromatic carbocycles. The van der Waals surface area contributed by atoms with Crippen molar-refractivity contribution in [3.63, 3.8) is 0 Å². The van der Waals surface area contributed by atoms with Crippen LogP contribution in [0.15, 0.2) is 54.7 Å². The average Bonchev–Trinajstić information content (AvgIpc) is 2.49. The minimum absolute atomic E-state index is 0.225. The summed E-state index contributed by atoms with van der Waals surface area (Å²) in [5, 5.41) is 11.4. The molecule has 0 aliphatic rings. The van der Waals surface area contributed by atoms with E-state index in [1.165, 1.54) is 6.20 Å². The maximum Gasteiger partial charge on any atom is 0.239 e. The molecule has 0 bridgehead atoms. The topological polar surface area (TPSA) is 45.9 Å². The van der Waals surface area contributed by atoms with E-state index in [1.807, 2.05) is 48.5 Å². The Kier molecular flexibility index (Phi) is 3.24. The molecular weight excluding hydrogens is 272 g/mol. The normalized spacial score (nSPS) is 10.2. The second-order valence-corrected chi connectivity index (χ2v) is 4.58. The molecule has 96 valence electrons. The van der Waals surface area contributed by atoms with Gasteiger partial charge in [0.15, 0.2) is 0 Å². The zero-order valence-electron chi connectivity index (χ0n) is 10.4. The number of fused-ring (bicyclic) bond motifs is 1. The first-order valence-corrected chi connectivity index (χ1v) is 6.37. The van der Waals surface area contributed by atoms with Crippen molar-refractivity contribution >= 4 is 22.4 Å². The number of ether oxygens (including phenoxy) is 1. The predicted molar refractivity (Wildman–Crippen MR) is 78.0 cm³/mol. The van der Waals surface area contributed by atoms with Gasteiger partial charge < -0.3 is 4.74 Å².